The van der Waals surface area contributed by atoms with Crippen molar-refractivity contribution in [1.29, 1.82) is 0 Å². The molecule has 10 heteroatoms. The van der Waals surface area contributed by atoms with E-state index < -0.39 is 45.8 Å². The molecular formula is C55H52N2O7S. The Kier molecular flexibility index (Phi) is 15.2. The zero-order valence-corrected chi connectivity index (χ0v) is 36.7. The molecule has 0 aliphatic carbocycles. The Morgan fingerprint density at radius 1 is 0.508 bits per heavy atom. The molecule has 0 amide bonds. The van der Waals surface area contributed by atoms with Crippen molar-refractivity contribution in [3.8, 4) is 0 Å². The van der Waals surface area contributed by atoms with Crippen LogP contribution >= 0.6 is 0 Å². The largest absolute Gasteiger partial charge is 0.382 e. The molecule has 0 aliphatic heterocycles. The van der Waals surface area contributed by atoms with Gasteiger partial charge in [0.15, 0.2) is 0 Å². The summed E-state index contributed by atoms with van der Waals surface area (Å²) >= 11 is 0. The molecule has 0 aliphatic rings. The smallest absolute Gasteiger partial charge is 0.271 e. The average Bonchev–Trinajstić information content (AvgIpc) is 3.85. The van der Waals surface area contributed by atoms with Crippen LogP contribution in [-0.2, 0) is 59.6 Å². The summed E-state index contributed by atoms with van der Waals surface area (Å²) in [6.45, 7) is 0.0267. The van der Waals surface area contributed by atoms with Crippen LogP contribution < -0.4 is 0 Å². The number of hydrogen-bond acceptors (Lipinski definition) is 8. The Morgan fingerprint density at radius 3 is 1.34 bits per heavy atom. The van der Waals surface area contributed by atoms with Gasteiger partial charge in [0.1, 0.15) is 41.5 Å². The van der Waals surface area contributed by atoms with Crippen LogP contribution in [0.5, 0.6) is 0 Å². The van der Waals surface area contributed by atoms with E-state index >= 15 is 0 Å². The van der Waals surface area contributed by atoms with Gasteiger partial charge in [0.25, 0.3) is 10.1 Å². The van der Waals surface area contributed by atoms with Gasteiger partial charge in [-0.05, 0) is 38.9 Å². The van der Waals surface area contributed by atoms with E-state index in [4.69, 9.17) is 23.4 Å². The third-order valence-electron chi connectivity index (χ3n) is 11.3. The van der Waals surface area contributed by atoms with Crippen molar-refractivity contribution < 1.29 is 31.9 Å². The van der Waals surface area contributed by atoms with Gasteiger partial charge in [0.2, 0.25) is 0 Å². The molecular weight excluding hydrogens is 833 g/mol. The second-order valence-electron chi connectivity index (χ2n) is 15.8. The van der Waals surface area contributed by atoms with Crippen LogP contribution in [0.3, 0.4) is 0 Å². The first-order valence-electron chi connectivity index (χ1n) is 21.7. The summed E-state index contributed by atoms with van der Waals surface area (Å²) in [5, 5.41) is 13.3. The first kappa shape index (κ1) is 45.1. The van der Waals surface area contributed by atoms with E-state index in [-0.39, 0.29) is 32.3 Å². The molecule has 7 aromatic carbocycles. The van der Waals surface area contributed by atoms with Gasteiger partial charge in [-0.2, -0.15) is 8.42 Å². The van der Waals surface area contributed by atoms with Crippen molar-refractivity contribution in [2.24, 2.45) is 0 Å². The van der Waals surface area contributed by atoms with Crippen molar-refractivity contribution >= 4 is 10.1 Å². The van der Waals surface area contributed by atoms with Crippen LogP contribution in [0.2, 0.25) is 0 Å². The lowest BCUT2D eigenvalue weighted by molar-refractivity contribution is -0.173. The molecule has 0 fully saturated rings. The summed E-state index contributed by atoms with van der Waals surface area (Å²) in [7, 11) is -4.29. The van der Waals surface area contributed by atoms with Crippen LogP contribution in [-0.4, -0.2) is 48.0 Å². The van der Waals surface area contributed by atoms with E-state index in [1.807, 2.05) is 162 Å². The molecule has 9 nitrogen and oxygen atoms in total. The number of imidazole rings is 1. The van der Waals surface area contributed by atoms with Crippen LogP contribution in [0.1, 0.15) is 50.9 Å². The first-order valence-corrected chi connectivity index (χ1v) is 23.2. The fourth-order valence-corrected chi connectivity index (χ4v) is 9.49. The zero-order valence-electron chi connectivity index (χ0n) is 35.9. The van der Waals surface area contributed by atoms with Crippen LogP contribution in [0.4, 0.5) is 0 Å². The molecule has 1 N–H and O–H groups in total. The topological polar surface area (TPSA) is 109 Å². The van der Waals surface area contributed by atoms with Gasteiger partial charge >= 0.3 is 0 Å². The lowest BCUT2D eigenvalue weighted by atomic mass is 9.76. The van der Waals surface area contributed by atoms with E-state index in [1.165, 1.54) is 0 Å². The number of aromatic nitrogens is 2. The number of nitrogens with zero attached hydrogens (tertiary/aromatic N) is 2. The first-order chi connectivity index (χ1) is 31.9. The Balaban J connectivity index is 1.28. The molecule has 0 radical (unpaired) electrons. The molecule has 0 spiro atoms. The number of aliphatic hydroxyl groups is 1. The number of aliphatic hydroxyl groups excluding tert-OH is 1. The second-order valence-corrected chi connectivity index (χ2v) is 17.4. The molecule has 65 heavy (non-hydrogen) atoms. The van der Waals surface area contributed by atoms with Crippen LogP contribution in [0.15, 0.2) is 225 Å². The van der Waals surface area contributed by atoms with Crippen LogP contribution in [0, 0.1) is 0 Å². The number of ether oxygens (including phenoxy) is 3. The Morgan fingerprint density at radius 2 is 0.892 bits per heavy atom. The van der Waals surface area contributed by atoms with Crippen molar-refractivity contribution in [3.05, 3.63) is 269 Å². The van der Waals surface area contributed by atoms with Gasteiger partial charge in [-0.1, -0.05) is 212 Å². The fraction of sp³-hybridized carbons (Fsp3) is 0.182. The zero-order chi connectivity index (χ0) is 44.7. The molecule has 8 rings (SSSR count). The number of benzene rings is 7. The van der Waals surface area contributed by atoms with Crippen molar-refractivity contribution in [1.82, 2.24) is 9.55 Å². The lowest BCUT2D eigenvalue weighted by Crippen LogP contribution is -2.49. The van der Waals surface area contributed by atoms with Crippen molar-refractivity contribution in [3.63, 3.8) is 0 Å². The Bertz CT molecular complexity index is 2630. The van der Waals surface area contributed by atoms with E-state index in [0.29, 0.717) is 5.56 Å². The predicted octanol–water partition coefficient (Wildman–Crippen LogP) is 10.1. The maximum Gasteiger partial charge on any atom is 0.271 e. The predicted molar refractivity (Wildman–Crippen MR) is 252 cm³/mol. The van der Waals surface area contributed by atoms with E-state index in [1.54, 1.807) is 30.5 Å². The molecule has 330 valence electrons. The summed E-state index contributed by atoms with van der Waals surface area (Å²) in [6, 6.07) is 67.9. The molecule has 0 saturated heterocycles. The molecule has 4 atom stereocenters. The molecule has 8 aromatic rings. The summed E-state index contributed by atoms with van der Waals surface area (Å²) in [4.78, 5) is 4.91. The van der Waals surface area contributed by atoms with E-state index in [2.05, 4.69) is 36.4 Å². The maximum atomic E-state index is 14.2. The Labute approximate surface area is 381 Å². The maximum absolute atomic E-state index is 14.2. The second kappa shape index (κ2) is 21.9. The SMILES string of the molecule is O=S(=O)(Cc1ccccc1)O[C@H](COCc1ccccc1)[C@@H](OCc1ccccc1)[C@@H](OCc1ccccc1)[C@H](O)c1nccn1C(c1ccccc1)(c1ccccc1)c1ccccc1. The minimum absolute atomic E-state index is 0.0388. The molecule has 0 saturated carbocycles. The van der Waals surface area contributed by atoms with Gasteiger partial charge in [0, 0.05) is 12.4 Å². The Hall–Kier alpha value is -6.50. The van der Waals surface area contributed by atoms with Gasteiger partial charge < -0.3 is 23.9 Å². The van der Waals surface area contributed by atoms with E-state index in [9.17, 15) is 13.5 Å². The van der Waals surface area contributed by atoms with Crippen LogP contribution in [0.25, 0.3) is 0 Å². The van der Waals surface area contributed by atoms with E-state index in [0.717, 1.165) is 33.4 Å². The number of hydrogen-bond donors (Lipinski definition) is 1. The van der Waals surface area contributed by atoms with Gasteiger partial charge in [-0.25, -0.2) is 4.98 Å². The third-order valence-corrected chi connectivity index (χ3v) is 12.5. The minimum Gasteiger partial charge on any atom is -0.382 e. The summed E-state index contributed by atoms with van der Waals surface area (Å²) in [6.07, 6.45) is -1.84. The van der Waals surface area contributed by atoms with Gasteiger partial charge in [-0.15, -0.1) is 0 Å². The quantitative estimate of drug-likeness (QED) is 0.0530. The molecule has 1 aromatic heterocycles. The van der Waals surface area contributed by atoms with Gasteiger partial charge in [-0.3, -0.25) is 4.18 Å². The highest BCUT2D eigenvalue weighted by Gasteiger charge is 2.45. The van der Waals surface area contributed by atoms with Gasteiger partial charge in [0.05, 0.1) is 26.4 Å². The normalized spacial score (nSPS) is 13.7. The summed E-state index contributed by atoms with van der Waals surface area (Å²) in [5.74, 6) is -0.144. The minimum atomic E-state index is -4.29. The molecule has 0 bridgehead atoms. The lowest BCUT2D eigenvalue weighted by Gasteiger charge is -2.40. The standard InChI is InChI=1S/C55H52N2O7S/c58-51(54-56-36-37-57(54)55(47-30-16-5-17-31-47,48-32-18-6-19-33-48)49-34-20-7-21-35-49)53(63-40-45-26-12-3-13-27-45)52(62-39-44-24-10-2-11-25-44)50(41-61-38-43-22-8-1-9-23-43)64-65(59,60)42-46-28-14-4-15-29-46/h1-37,50-53,58H,38-42H2/t50-,51+,52-,53+/m1/s1. The highest BCUT2D eigenvalue weighted by atomic mass is 32.2. The van der Waals surface area contributed by atoms with Crippen molar-refractivity contribution in [2.45, 2.75) is 55.5 Å². The fourth-order valence-electron chi connectivity index (χ4n) is 8.28. The summed E-state index contributed by atoms with van der Waals surface area (Å²) in [5.41, 5.74) is 4.81. The monoisotopic (exact) mass is 884 g/mol. The average molecular weight is 885 g/mol. The highest BCUT2D eigenvalue weighted by Crippen LogP contribution is 2.43. The molecule has 1 heterocycles. The third kappa shape index (κ3) is 11.2. The number of rotatable bonds is 22. The highest BCUT2D eigenvalue weighted by molar-refractivity contribution is 7.85. The molecule has 0 unspecified atom stereocenters. The summed E-state index contributed by atoms with van der Waals surface area (Å²) < 4.78 is 56.7. The van der Waals surface area contributed by atoms with Crippen molar-refractivity contribution in [2.75, 3.05) is 6.61 Å².